The van der Waals surface area contributed by atoms with Crippen molar-refractivity contribution in [1.29, 1.82) is 0 Å². The number of amides is 1. The number of hydrogen-bond donors (Lipinski definition) is 1. The monoisotopic (exact) mass is 199 g/mol. The van der Waals surface area contributed by atoms with Gasteiger partial charge in [-0.25, -0.2) is 0 Å². The summed E-state index contributed by atoms with van der Waals surface area (Å²) in [7, 11) is 0. The first-order chi connectivity index (χ1) is 6.61. The van der Waals surface area contributed by atoms with Crippen molar-refractivity contribution < 1.29 is 14.3 Å². The molecular weight excluding hydrogens is 182 g/mol. The Bertz CT molecular complexity index is 227. The highest BCUT2D eigenvalue weighted by atomic mass is 16.5. The van der Waals surface area contributed by atoms with Crippen LogP contribution in [0.5, 0.6) is 0 Å². The minimum absolute atomic E-state index is 0.0836. The second kappa shape index (κ2) is 4.98. The number of nitrogens with one attached hydrogen (secondary N) is 1. The number of rotatable bonds is 3. The van der Waals surface area contributed by atoms with Crippen molar-refractivity contribution in [3.63, 3.8) is 0 Å². The molecule has 80 valence electrons. The van der Waals surface area contributed by atoms with E-state index in [4.69, 9.17) is 4.74 Å². The molecule has 1 aliphatic rings. The summed E-state index contributed by atoms with van der Waals surface area (Å²) < 4.78 is 5.12. The summed E-state index contributed by atoms with van der Waals surface area (Å²) in [6.45, 7) is 3.97. The molecule has 2 atom stereocenters. The van der Waals surface area contributed by atoms with Crippen LogP contribution in [0.2, 0.25) is 0 Å². The van der Waals surface area contributed by atoms with Gasteiger partial charge < -0.3 is 10.1 Å². The van der Waals surface area contributed by atoms with E-state index in [-0.39, 0.29) is 18.0 Å². The molecule has 0 saturated carbocycles. The maximum atomic E-state index is 11.2. The van der Waals surface area contributed by atoms with Crippen molar-refractivity contribution in [3.8, 4) is 0 Å². The number of ether oxygens (including phenoxy) is 1. The van der Waals surface area contributed by atoms with Crippen molar-refractivity contribution >= 4 is 11.9 Å². The first kappa shape index (κ1) is 11.0. The Labute approximate surface area is 84.0 Å². The molecule has 1 fully saturated rings. The molecule has 0 spiro atoms. The molecule has 0 aromatic rings. The molecule has 0 aliphatic carbocycles. The number of carbonyl (C=O) groups excluding carboxylic acids is 2. The van der Waals surface area contributed by atoms with Gasteiger partial charge in [-0.1, -0.05) is 13.3 Å². The lowest BCUT2D eigenvalue weighted by Crippen LogP contribution is -2.38. The molecule has 14 heavy (non-hydrogen) atoms. The molecule has 1 heterocycles. The fourth-order valence-electron chi connectivity index (χ4n) is 1.67. The molecular formula is C10H17NO3. The standard InChI is InChI=1S/C10H17NO3/c1-3-8-4-9(6-11-7(2)12)14-10(13)5-8/h8-9H,3-6H2,1-2H3,(H,11,12)/t8?,9-/m1/s1. The van der Waals surface area contributed by atoms with Gasteiger partial charge in [0.05, 0.1) is 6.54 Å². The van der Waals surface area contributed by atoms with E-state index in [0.717, 1.165) is 12.8 Å². The number of esters is 1. The van der Waals surface area contributed by atoms with Crippen molar-refractivity contribution in [2.75, 3.05) is 6.54 Å². The molecule has 0 radical (unpaired) electrons. The second-order valence-corrected chi connectivity index (χ2v) is 3.76. The number of carbonyl (C=O) groups is 2. The molecule has 0 bridgehead atoms. The van der Waals surface area contributed by atoms with Crippen molar-refractivity contribution in [1.82, 2.24) is 5.32 Å². The van der Waals surface area contributed by atoms with Crippen LogP contribution in [-0.4, -0.2) is 24.5 Å². The Balaban J connectivity index is 2.37. The van der Waals surface area contributed by atoms with E-state index in [0.29, 0.717) is 18.9 Å². The average molecular weight is 199 g/mol. The fourth-order valence-corrected chi connectivity index (χ4v) is 1.67. The van der Waals surface area contributed by atoms with Gasteiger partial charge >= 0.3 is 5.97 Å². The maximum Gasteiger partial charge on any atom is 0.306 e. The van der Waals surface area contributed by atoms with E-state index in [1.54, 1.807) is 0 Å². The van der Waals surface area contributed by atoms with E-state index in [2.05, 4.69) is 12.2 Å². The normalized spacial score (nSPS) is 26.9. The zero-order chi connectivity index (χ0) is 10.6. The van der Waals surface area contributed by atoms with Crippen LogP contribution in [0, 0.1) is 5.92 Å². The molecule has 1 amide bonds. The van der Waals surface area contributed by atoms with Crippen LogP contribution >= 0.6 is 0 Å². The largest absolute Gasteiger partial charge is 0.460 e. The van der Waals surface area contributed by atoms with E-state index in [1.165, 1.54) is 6.92 Å². The van der Waals surface area contributed by atoms with Crippen LogP contribution in [0.4, 0.5) is 0 Å². The summed E-state index contributed by atoms with van der Waals surface area (Å²) >= 11 is 0. The molecule has 1 N–H and O–H groups in total. The molecule has 1 aliphatic heterocycles. The van der Waals surface area contributed by atoms with E-state index < -0.39 is 0 Å². The lowest BCUT2D eigenvalue weighted by Gasteiger charge is -2.28. The van der Waals surface area contributed by atoms with Gasteiger partial charge in [0.2, 0.25) is 5.91 Å². The van der Waals surface area contributed by atoms with E-state index in [1.807, 2.05) is 0 Å². The van der Waals surface area contributed by atoms with Gasteiger partial charge in [-0.2, -0.15) is 0 Å². The zero-order valence-electron chi connectivity index (χ0n) is 8.71. The fraction of sp³-hybridized carbons (Fsp3) is 0.800. The second-order valence-electron chi connectivity index (χ2n) is 3.76. The summed E-state index contributed by atoms with van der Waals surface area (Å²) in [6, 6.07) is 0. The topological polar surface area (TPSA) is 55.4 Å². The Hall–Kier alpha value is -1.06. The Morgan fingerprint density at radius 3 is 2.93 bits per heavy atom. The van der Waals surface area contributed by atoms with Gasteiger partial charge in [0, 0.05) is 13.3 Å². The smallest absolute Gasteiger partial charge is 0.306 e. The quantitative estimate of drug-likeness (QED) is 0.686. The van der Waals surface area contributed by atoms with Crippen LogP contribution in [0.25, 0.3) is 0 Å². The molecule has 0 aromatic carbocycles. The molecule has 0 aromatic heterocycles. The molecule has 1 saturated heterocycles. The number of hydrogen-bond acceptors (Lipinski definition) is 3. The van der Waals surface area contributed by atoms with Gasteiger partial charge in [-0.05, 0) is 12.3 Å². The van der Waals surface area contributed by atoms with Gasteiger partial charge in [0.15, 0.2) is 0 Å². The van der Waals surface area contributed by atoms with Gasteiger partial charge in [0.25, 0.3) is 0 Å². The third-order valence-corrected chi connectivity index (χ3v) is 2.51. The van der Waals surface area contributed by atoms with E-state index >= 15 is 0 Å². The summed E-state index contributed by atoms with van der Waals surface area (Å²) in [5.74, 6) is 0.188. The summed E-state index contributed by atoms with van der Waals surface area (Å²) in [6.07, 6.45) is 2.24. The molecule has 1 unspecified atom stereocenters. The zero-order valence-corrected chi connectivity index (χ0v) is 8.71. The average Bonchev–Trinajstić information content (AvgIpc) is 2.14. The third-order valence-electron chi connectivity index (χ3n) is 2.51. The van der Waals surface area contributed by atoms with Crippen LogP contribution in [-0.2, 0) is 14.3 Å². The van der Waals surface area contributed by atoms with Crippen molar-refractivity contribution in [2.24, 2.45) is 5.92 Å². The predicted molar refractivity (Wildman–Crippen MR) is 51.6 cm³/mol. The van der Waals surface area contributed by atoms with E-state index in [9.17, 15) is 9.59 Å². The highest BCUT2D eigenvalue weighted by Crippen LogP contribution is 2.23. The highest BCUT2D eigenvalue weighted by Gasteiger charge is 2.27. The summed E-state index contributed by atoms with van der Waals surface area (Å²) in [5, 5.41) is 2.66. The number of cyclic esters (lactones) is 1. The van der Waals surface area contributed by atoms with Crippen LogP contribution in [0.1, 0.15) is 33.1 Å². The van der Waals surface area contributed by atoms with Gasteiger partial charge in [-0.15, -0.1) is 0 Å². The lowest BCUT2D eigenvalue weighted by atomic mass is 9.93. The summed E-state index contributed by atoms with van der Waals surface area (Å²) in [4.78, 5) is 21.8. The third kappa shape index (κ3) is 3.36. The first-order valence-corrected chi connectivity index (χ1v) is 5.05. The van der Waals surface area contributed by atoms with Crippen LogP contribution in [0.3, 0.4) is 0 Å². The minimum atomic E-state index is -0.140. The van der Waals surface area contributed by atoms with Gasteiger partial charge in [0.1, 0.15) is 6.10 Å². The Morgan fingerprint density at radius 2 is 2.36 bits per heavy atom. The SMILES string of the molecule is CCC1CC(=O)O[C@@H](CNC(C)=O)C1. The summed E-state index contributed by atoms with van der Waals surface area (Å²) in [5.41, 5.74) is 0. The maximum absolute atomic E-state index is 11.2. The molecule has 4 nitrogen and oxygen atoms in total. The first-order valence-electron chi connectivity index (χ1n) is 5.05. The molecule has 4 heteroatoms. The van der Waals surface area contributed by atoms with Crippen LogP contribution in [0.15, 0.2) is 0 Å². The molecule has 1 rings (SSSR count). The van der Waals surface area contributed by atoms with Crippen molar-refractivity contribution in [2.45, 2.75) is 39.2 Å². The Kier molecular flexibility index (Phi) is 3.92. The minimum Gasteiger partial charge on any atom is -0.460 e. The van der Waals surface area contributed by atoms with Gasteiger partial charge in [-0.3, -0.25) is 9.59 Å². The highest BCUT2D eigenvalue weighted by molar-refractivity contribution is 5.73. The predicted octanol–water partition coefficient (Wildman–Crippen LogP) is 0.854. The van der Waals surface area contributed by atoms with Crippen LogP contribution < -0.4 is 5.32 Å². The lowest BCUT2D eigenvalue weighted by molar-refractivity contribution is -0.157. The van der Waals surface area contributed by atoms with Crippen molar-refractivity contribution in [3.05, 3.63) is 0 Å². The Morgan fingerprint density at radius 1 is 1.64 bits per heavy atom.